The van der Waals surface area contributed by atoms with Gasteiger partial charge in [-0.15, -0.1) is 0 Å². The van der Waals surface area contributed by atoms with Crippen LogP contribution in [0.15, 0.2) is 48.5 Å². The zero-order chi connectivity index (χ0) is 15.1. The Morgan fingerprint density at radius 2 is 2.00 bits per heavy atom. The topological polar surface area (TPSA) is 49.3 Å². The van der Waals surface area contributed by atoms with Gasteiger partial charge in [-0.05, 0) is 42.3 Å². The van der Waals surface area contributed by atoms with Crippen LogP contribution in [0.3, 0.4) is 0 Å². The first kappa shape index (κ1) is 14.8. The molecular formula is C18H17NO2. The molecule has 2 aromatic rings. The molecule has 3 heteroatoms. The second-order valence-corrected chi connectivity index (χ2v) is 4.55. The van der Waals surface area contributed by atoms with E-state index < -0.39 is 0 Å². The largest absolute Gasteiger partial charge is 0.384 e. The molecule has 0 atom stereocenters. The lowest BCUT2D eigenvalue weighted by Crippen LogP contribution is -2.12. The van der Waals surface area contributed by atoms with Crippen molar-refractivity contribution in [3.05, 3.63) is 65.2 Å². The number of aryl methyl sites for hydroxylation is 1. The predicted octanol–water partition coefficient (Wildman–Crippen LogP) is 2.85. The molecule has 0 radical (unpaired) electrons. The van der Waals surface area contributed by atoms with Crippen molar-refractivity contribution in [2.75, 3.05) is 11.9 Å². The summed E-state index contributed by atoms with van der Waals surface area (Å²) in [5, 5.41) is 11.6. The molecular weight excluding hydrogens is 262 g/mol. The average Bonchev–Trinajstić information content (AvgIpc) is 2.53. The molecule has 3 nitrogen and oxygen atoms in total. The molecule has 21 heavy (non-hydrogen) atoms. The van der Waals surface area contributed by atoms with E-state index in [0.717, 1.165) is 12.1 Å². The number of anilines is 1. The molecule has 2 rings (SSSR count). The standard InChI is InChI=1S/C18H17NO2/c1-2-14-6-4-10-17(13-14)19-18(21)16-9-3-7-15(12-16)8-5-11-20/h3-4,6-7,9-10,12-13,20H,2,11H2,1H3,(H,19,21). The summed E-state index contributed by atoms with van der Waals surface area (Å²) in [4.78, 5) is 12.2. The molecule has 0 heterocycles. The van der Waals surface area contributed by atoms with E-state index in [0.29, 0.717) is 11.1 Å². The van der Waals surface area contributed by atoms with Gasteiger partial charge in [0.25, 0.3) is 5.91 Å². The Hall–Kier alpha value is -2.57. The van der Waals surface area contributed by atoms with Gasteiger partial charge in [-0.3, -0.25) is 4.79 Å². The molecule has 0 spiro atoms. The van der Waals surface area contributed by atoms with Crippen LogP contribution in [0.5, 0.6) is 0 Å². The van der Waals surface area contributed by atoms with Gasteiger partial charge in [0.05, 0.1) is 0 Å². The van der Waals surface area contributed by atoms with Crippen molar-refractivity contribution in [2.24, 2.45) is 0 Å². The first-order valence-corrected chi connectivity index (χ1v) is 6.83. The van der Waals surface area contributed by atoms with Crippen molar-refractivity contribution in [1.82, 2.24) is 0 Å². The van der Waals surface area contributed by atoms with Crippen molar-refractivity contribution in [3.63, 3.8) is 0 Å². The maximum absolute atomic E-state index is 12.2. The molecule has 2 aromatic carbocycles. The third kappa shape index (κ3) is 4.20. The highest BCUT2D eigenvalue weighted by Gasteiger charge is 2.06. The Morgan fingerprint density at radius 1 is 1.19 bits per heavy atom. The summed E-state index contributed by atoms with van der Waals surface area (Å²) in [6.45, 7) is 1.88. The number of hydrogen-bond donors (Lipinski definition) is 2. The molecule has 1 amide bonds. The van der Waals surface area contributed by atoms with E-state index >= 15 is 0 Å². The molecule has 0 aliphatic carbocycles. The molecule has 0 saturated carbocycles. The van der Waals surface area contributed by atoms with E-state index in [1.165, 1.54) is 5.56 Å². The second-order valence-electron chi connectivity index (χ2n) is 4.55. The fourth-order valence-corrected chi connectivity index (χ4v) is 1.95. The molecule has 0 aliphatic heterocycles. The van der Waals surface area contributed by atoms with Crippen molar-refractivity contribution >= 4 is 11.6 Å². The van der Waals surface area contributed by atoms with E-state index in [4.69, 9.17) is 5.11 Å². The molecule has 0 bridgehead atoms. The second kappa shape index (κ2) is 7.28. The van der Waals surface area contributed by atoms with Gasteiger partial charge in [-0.2, -0.15) is 0 Å². The van der Waals surface area contributed by atoms with Crippen LogP contribution in [0.4, 0.5) is 5.69 Å². The van der Waals surface area contributed by atoms with Gasteiger partial charge >= 0.3 is 0 Å². The van der Waals surface area contributed by atoms with Crippen molar-refractivity contribution < 1.29 is 9.90 Å². The number of carbonyl (C=O) groups is 1. The van der Waals surface area contributed by atoms with E-state index in [2.05, 4.69) is 24.1 Å². The maximum atomic E-state index is 12.2. The zero-order valence-corrected chi connectivity index (χ0v) is 11.9. The van der Waals surface area contributed by atoms with Gasteiger partial charge in [0, 0.05) is 16.8 Å². The molecule has 0 unspecified atom stereocenters. The third-order valence-corrected chi connectivity index (χ3v) is 3.03. The molecule has 0 aliphatic rings. The summed E-state index contributed by atoms with van der Waals surface area (Å²) in [5.41, 5.74) is 3.21. The van der Waals surface area contributed by atoms with Crippen LogP contribution in [0.1, 0.15) is 28.4 Å². The van der Waals surface area contributed by atoms with Gasteiger partial charge in [0.1, 0.15) is 6.61 Å². The zero-order valence-electron chi connectivity index (χ0n) is 11.9. The summed E-state index contributed by atoms with van der Waals surface area (Å²) in [6, 6.07) is 14.8. The quantitative estimate of drug-likeness (QED) is 0.849. The summed E-state index contributed by atoms with van der Waals surface area (Å²) < 4.78 is 0. The third-order valence-electron chi connectivity index (χ3n) is 3.03. The lowest BCUT2D eigenvalue weighted by Gasteiger charge is -2.07. The van der Waals surface area contributed by atoms with Crippen LogP contribution in [0.2, 0.25) is 0 Å². The lowest BCUT2D eigenvalue weighted by molar-refractivity contribution is 0.102. The van der Waals surface area contributed by atoms with Crippen LogP contribution in [-0.2, 0) is 6.42 Å². The highest BCUT2D eigenvalue weighted by atomic mass is 16.2. The first-order chi connectivity index (χ1) is 10.2. The van der Waals surface area contributed by atoms with Crippen LogP contribution in [0.25, 0.3) is 0 Å². The van der Waals surface area contributed by atoms with E-state index in [1.807, 2.05) is 24.3 Å². The molecule has 106 valence electrons. The van der Waals surface area contributed by atoms with Gasteiger partial charge in [0.2, 0.25) is 0 Å². The monoisotopic (exact) mass is 279 g/mol. The minimum absolute atomic E-state index is 0.170. The van der Waals surface area contributed by atoms with E-state index in [9.17, 15) is 4.79 Å². The number of aliphatic hydroxyl groups excluding tert-OH is 1. The minimum atomic E-state index is -0.194. The van der Waals surface area contributed by atoms with Gasteiger partial charge in [-0.1, -0.05) is 37.0 Å². The van der Waals surface area contributed by atoms with Crippen molar-refractivity contribution in [3.8, 4) is 11.8 Å². The van der Waals surface area contributed by atoms with Gasteiger partial charge in [-0.25, -0.2) is 0 Å². The number of nitrogens with one attached hydrogen (secondary N) is 1. The Bertz CT molecular complexity index is 696. The van der Waals surface area contributed by atoms with Crippen molar-refractivity contribution in [2.45, 2.75) is 13.3 Å². The highest BCUT2D eigenvalue weighted by Crippen LogP contribution is 2.13. The summed E-state index contributed by atoms with van der Waals surface area (Å²) in [7, 11) is 0. The lowest BCUT2D eigenvalue weighted by atomic mass is 10.1. The Kier molecular flexibility index (Phi) is 5.14. The normalized spacial score (nSPS) is 9.62. The number of benzene rings is 2. The number of aliphatic hydroxyl groups is 1. The summed E-state index contributed by atoms with van der Waals surface area (Å²) >= 11 is 0. The fourth-order valence-electron chi connectivity index (χ4n) is 1.95. The number of carbonyl (C=O) groups excluding carboxylic acids is 1. The minimum Gasteiger partial charge on any atom is -0.384 e. The van der Waals surface area contributed by atoms with Crippen LogP contribution in [0, 0.1) is 11.8 Å². The summed E-state index contributed by atoms with van der Waals surface area (Å²) in [6.07, 6.45) is 0.927. The van der Waals surface area contributed by atoms with E-state index in [-0.39, 0.29) is 12.5 Å². The van der Waals surface area contributed by atoms with E-state index in [1.54, 1.807) is 24.3 Å². The Labute approximate surface area is 124 Å². The highest BCUT2D eigenvalue weighted by molar-refractivity contribution is 6.04. The number of amides is 1. The molecule has 0 aromatic heterocycles. The predicted molar refractivity (Wildman–Crippen MR) is 84.2 cm³/mol. The smallest absolute Gasteiger partial charge is 0.255 e. The average molecular weight is 279 g/mol. The maximum Gasteiger partial charge on any atom is 0.255 e. The first-order valence-electron chi connectivity index (χ1n) is 6.83. The van der Waals surface area contributed by atoms with Gasteiger partial charge < -0.3 is 10.4 Å². The number of rotatable bonds is 3. The van der Waals surface area contributed by atoms with Crippen LogP contribution in [-0.4, -0.2) is 17.6 Å². The molecule has 0 saturated heterocycles. The van der Waals surface area contributed by atoms with Crippen LogP contribution >= 0.6 is 0 Å². The van der Waals surface area contributed by atoms with Crippen LogP contribution < -0.4 is 5.32 Å². The molecule has 0 fully saturated rings. The Morgan fingerprint density at radius 3 is 2.76 bits per heavy atom. The molecule has 2 N–H and O–H groups in total. The Balaban J connectivity index is 2.16. The number of hydrogen-bond acceptors (Lipinski definition) is 2. The summed E-state index contributed by atoms with van der Waals surface area (Å²) in [5.74, 6) is 5.19. The van der Waals surface area contributed by atoms with Crippen molar-refractivity contribution in [1.29, 1.82) is 0 Å². The van der Waals surface area contributed by atoms with Gasteiger partial charge in [0.15, 0.2) is 0 Å². The fraction of sp³-hybridized carbons (Fsp3) is 0.167. The SMILES string of the molecule is CCc1cccc(NC(=O)c2cccc(C#CCO)c2)c1.